The monoisotopic (exact) mass is 193 g/mol. The predicted octanol–water partition coefficient (Wildman–Crippen LogP) is 2.80. The average molecular weight is 193 g/mol. The largest absolute Gasteiger partial charge is 0.494 e. The van der Waals surface area contributed by atoms with E-state index in [1.54, 1.807) is 0 Å². The first kappa shape index (κ1) is 9.94. The van der Waals surface area contributed by atoms with Gasteiger partial charge in [0.05, 0.1) is 6.61 Å². The van der Waals surface area contributed by atoms with Gasteiger partial charge in [-0.15, -0.1) is 0 Å². The number of benzene rings is 1. The normalized spacial score (nSPS) is 9.23. The third-order valence-corrected chi connectivity index (χ3v) is 2.15. The Morgan fingerprint density at radius 1 is 1.46 bits per heavy atom. The van der Waals surface area contributed by atoms with E-state index in [0.29, 0.717) is 12.4 Å². The molecule has 0 atom stereocenters. The minimum atomic E-state index is 0.661. The molecule has 1 aromatic carbocycles. The van der Waals surface area contributed by atoms with E-state index in [1.165, 1.54) is 11.8 Å². The fourth-order valence-corrected chi connectivity index (χ4v) is 1.49. The van der Waals surface area contributed by atoms with Crippen LogP contribution in [0.1, 0.15) is 12.5 Å². The zero-order valence-electron chi connectivity index (χ0n) is 7.49. The highest BCUT2D eigenvalue weighted by Crippen LogP contribution is 2.22. The van der Waals surface area contributed by atoms with Crippen LogP contribution in [0.25, 0.3) is 0 Å². The number of ether oxygens (including phenoxy) is 1. The molecule has 0 N–H and O–H groups in total. The van der Waals surface area contributed by atoms with Crippen LogP contribution in [0.4, 0.5) is 0 Å². The number of rotatable bonds is 4. The van der Waals surface area contributed by atoms with Crippen molar-refractivity contribution >= 4 is 11.8 Å². The number of hydrogen-bond acceptors (Lipinski definition) is 3. The summed E-state index contributed by atoms with van der Waals surface area (Å²) in [6.45, 7) is 2.61. The first-order valence-corrected chi connectivity index (χ1v) is 5.08. The minimum Gasteiger partial charge on any atom is -0.494 e. The summed E-state index contributed by atoms with van der Waals surface area (Å²) in [7, 11) is 0. The van der Waals surface area contributed by atoms with Gasteiger partial charge in [0.25, 0.3) is 0 Å². The summed E-state index contributed by atoms with van der Waals surface area (Å²) in [5.74, 6) is 1.57. The molecule has 0 aromatic heterocycles. The summed E-state index contributed by atoms with van der Waals surface area (Å²) in [5.41, 5.74) is 1.08. The Morgan fingerprint density at radius 2 is 2.23 bits per heavy atom. The second-order valence-corrected chi connectivity index (χ2v) is 3.18. The Hall–Kier alpha value is -1.14. The van der Waals surface area contributed by atoms with Crippen molar-refractivity contribution in [2.75, 3.05) is 6.61 Å². The van der Waals surface area contributed by atoms with E-state index < -0.39 is 0 Å². The van der Waals surface area contributed by atoms with Crippen molar-refractivity contribution in [3.05, 3.63) is 29.8 Å². The van der Waals surface area contributed by atoms with Gasteiger partial charge in [0.1, 0.15) is 11.2 Å². The summed E-state index contributed by atoms with van der Waals surface area (Å²) < 4.78 is 5.41. The smallest absolute Gasteiger partial charge is 0.133 e. The molecular formula is C10H11NOS. The molecule has 0 saturated carbocycles. The maximum atomic E-state index is 8.42. The fourth-order valence-electron chi connectivity index (χ4n) is 1.03. The highest BCUT2D eigenvalue weighted by atomic mass is 32.2. The van der Waals surface area contributed by atoms with E-state index in [9.17, 15) is 0 Å². The van der Waals surface area contributed by atoms with Crippen molar-refractivity contribution < 1.29 is 4.74 Å². The van der Waals surface area contributed by atoms with Crippen LogP contribution in [0.2, 0.25) is 0 Å². The van der Waals surface area contributed by atoms with E-state index in [2.05, 4.69) is 0 Å². The molecule has 0 heterocycles. The number of hydrogen-bond donors (Lipinski definition) is 0. The van der Waals surface area contributed by atoms with E-state index in [-0.39, 0.29) is 0 Å². The third-order valence-electron chi connectivity index (χ3n) is 1.56. The van der Waals surface area contributed by atoms with Crippen LogP contribution < -0.4 is 4.74 Å². The number of nitriles is 1. The molecule has 0 radical (unpaired) electrons. The molecule has 3 heteroatoms. The van der Waals surface area contributed by atoms with Crippen LogP contribution in [0, 0.1) is 10.7 Å². The van der Waals surface area contributed by atoms with Crippen LogP contribution in [0.5, 0.6) is 5.75 Å². The van der Waals surface area contributed by atoms with Gasteiger partial charge in [0.15, 0.2) is 0 Å². The molecule has 0 aliphatic heterocycles. The fraction of sp³-hybridized carbons (Fsp3) is 0.300. The molecule has 0 spiro atoms. The Morgan fingerprint density at radius 3 is 2.92 bits per heavy atom. The number of thioether (sulfide) groups is 1. The molecule has 2 nitrogen and oxygen atoms in total. The molecule has 1 rings (SSSR count). The lowest BCUT2D eigenvalue weighted by atomic mass is 10.2. The third kappa shape index (κ3) is 3.00. The maximum absolute atomic E-state index is 8.42. The van der Waals surface area contributed by atoms with Crippen LogP contribution in [-0.2, 0) is 5.75 Å². The first-order valence-electron chi connectivity index (χ1n) is 4.10. The van der Waals surface area contributed by atoms with Gasteiger partial charge in [-0.1, -0.05) is 18.2 Å². The van der Waals surface area contributed by atoms with Gasteiger partial charge >= 0.3 is 0 Å². The quantitative estimate of drug-likeness (QED) is 0.689. The minimum absolute atomic E-state index is 0.661. The molecule has 68 valence electrons. The Labute approximate surface area is 82.5 Å². The van der Waals surface area contributed by atoms with Crippen LogP contribution >= 0.6 is 11.8 Å². The van der Waals surface area contributed by atoms with E-state index in [4.69, 9.17) is 10.00 Å². The van der Waals surface area contributed by atoms with E-state index >= 15 is 0 Å². The maximum Gasteiger partial charge on any atom is 0.133 e. The average Bonchev–Trinajstić information content (AvgIpc) is 2.17. The first-order chi connectivity index (χ1) is 6.38. The lowest BCUT2D eigenvalue weighted by molar-refractivity contribution is 0.337. The van der Waals surface area contributed by atoms with Gasteiger partial charge in [-0.25, -0.2) is 0 Å². The zero-order chi connectivity index (χ0) is 9.52. The van der Waals surface area contributed by atoms with Crippen molar-refractivity contribution in [2.24, 2.45) is 0 Å². The zero-order valence-corrected chi connectivity index (χ0v) is 8.30. The molecule has 0 saturated heterocycles. The highest BCUT2D eigenvalue weighted by molar-refractivity contribution is 8.02. The summed E-state index contributed by atoms with van der Waals surface area (Å²) in [6, 6.07) is 7.80. The standard InChI is InChI=1S/C10H11NOS/c1-2-12-10-6-4-3-5-9(10)7-13-8-11/h3-6H,2,7H2,1H3. The Balaban J connectivity index is 2.73. The van der Waals surface area contributed by atoms with Crippen molar-refractivity contribution in [1.29, 1.82) is 5.26 Å². The highest BCUT2D eigenvalue weighted by Gasteiger charge is 2.01. The molecule has 0 amide bonds. The summed E-state index contributed by atoms with van der Waals surface area (Å²) in [4.78, 5) is 0. The Kier molecular flexibility index (Phi) is 4.20. The molecule has 13 heavy (non-hydrogen) atoms. The lowest BCUT2D eigenvalue weighted by Crippen LogP contribution is -1.94. The van der Waals surface area contributed by atoms with Crippen molar-refractivity contribution in [2.45, 2.75) is 12.7 Å². The number of nitrogens with zero attached hydrogens (tertiary/aromatic N) is 1. The van der Waals surface area contributed by atoms with Crippen molar-refractivity contribution in [3.63, 3.8) is 0 Å². The van der Waals surface area contributed by atoms with Gasteiger partial charge in [-0.3, -0.25) is 0 Å². The molecule has 0 bridgehead atoms. The predicted molar refractivity (Wildman–Crippen MR) is 54.5 cm³/mol. The van der Waals surface area contributed by atoms with Crippen LogP contribution in [-0.4, -0.2) is 6.61 Å². The number of para-hydroxylation sites is 1. The van der Waals surface area contributed by atoms with Gasteiger partial charge in [0, 0.05) is 11.3 Å². The summed E-state index contributed by atoms with van der Waals surface area (Å²) in [5, 5.41) is 10.5. The van der Waals surface area contributed by atoms with Crippen molar-refractivity contribution in [3.8, 4) is 11.2 Å². The van der Waals surface area contributed by atoms with Gasteiger partial charge in [-0.2, -0.15) is 5.26 Å². The van der Waals surface area contributed by atoms with Gasteiger partial charge < -0.3 is 4.74 Å². The molecular weight excluding hydrogens is 182 g/mol. The Bertz CT molecular complexity index is 306. The van der Waals surface area contributed by atoms with Crippen LogP contribution in [0.15, 0.2) is 24.3 Å². The summed E-state index contributed by atoms with van der Waals surface area (Å²) in [6.07, 6.45) is 0. The molecule has 1 aromatic rings. The summed E-state index contributed by atoms with van der Waals surface area (Å²) >= 11 is 1.23. The molecule has 0 aliphatic carbocycles. The second-order valence-electron chi connectivity index (χ2n) is 2.42. The van der Waals surface area contributed by atoms with Crippen LogP contribution in [0.3, 0.4) is 0 Å². The van der Waals surface area contributed by atoms with Crippen molar-refractivity contribution in [1.82, 2.24) is 0 Å². The van der Waals surface area contributed by atoms with Gasteiger partial charge in [0.2, 0.25) is 0 Å². The van der Waals surface area contributed by atoms with Gasteiger partial charge in [-0.05, 0) is 24.8 Å². The molecule has 0 aliphatic rings. The molecule has 0 unspecified atom stereocenters. The second kappa shape index (κ2) is 5.50. The lowest BCUT2D eigenvalue weighted by Gasteiger charge is -2.07. The van der Waals surface area contributed by atoms with E-state index in [1.807, 2.05) is 36.6 Å². The van der Waals surface area contributed by atoms with E-state index in [0.717, 1.165) is 11.3 Å². The SMILES string of the molecule is CCOc1ccccc1CSC#N. The number of thiocyanates is 1. The molecule has 0 fully saturated rings. The topological polar surface area (TPSA) is 33.0 Å².